The van der Waals surface area contributed by atoms with E-state index in [0.29, 0.717) is 11.6 Å². The summed E-state index contributed by atoms with van der Waals surface area (Å²) in [5.74, 6) is -4.17. The Morgan fingerprint density at radius 1 is 1.00 bits per heavy atom. The van der Waals surface area contributed by atoms with Crippen molar-refractivity contribution in [1.29, 1.82) is 0 Å². The quantitative estimate of drug-likeness (QED) is 0.282. The zero-order valence-corrected chi connectivity index (χ0v) is 19.7. The maximum Gasteiger partial charge on any atom is 0.300 e. The van der Waals surface area contributed by atoms with Gasteiger partial charge in [-0.05, 0) is 30.7 Å². The summed E-state index contributed by atoms with van der Waals surface area (Å²) < 4.78 is 38.9. The lowest BCUT2D eigenvalue weighted by Gasteiger charge is -2.26. The second-order valence-electron chi connectivity index (χ2n) is 7.87. The number of aliphatic hydroxyl groups is 1. The summed E-state index contributed by atoms with van der Waals surface area (Å²) in [6.45, 7) is 1.81. The number of aliphatic hydroxyl groups excluding tert-OH is 1. The average Bonchev–Trinajstić information content (AvgIpc) is 3.09. The molecule has 3 aromatic rings. The third kappa shape index (κ3) is 4.21. The van der Waals surface area contributed by atoms with E-state index in [9.17, 15) is 23.5 Å². The Morgan fingerprint density at radius 3 is 2.34 bits per heavy atom. The third-order valence-electron chi connectivity index (χ3n) is 5.70. The second kappa shape index (κ2) is 9.38. The van der Waals surface area contributed by atoms with E-state index in [2.05, 4.69) is 0 Å². The first-order valence-electron chi connectivity index (χ1n) is 10.4. The van der Waals surface area contributed by atoms with Crippen LogP contribution in [0.5, 0.6) is 11.5 Å². The summed E-state index contributed by atoms with van der Waals surface area (Å²) in [5.41, 5.74) is 0.668. The van der Waals surface area contributed by atoms with E-state index in [0.717, 1.165) is 22.6 Å². The van der Waals surface area contributed by atoms with Gasteiger partial charge in [-0.1, -0.05) is 41.4 Å². The number of rotatable bonds is 5. The summed E-state index contributed by atoms with van der Waals surface area (Å²) >= 11 is 6.25. The summed E-state index contributed by atoms with van der Waals surface area (Å²) in [7, 11) is 2.75. The molecule has 0 aromatic heterocycles. The first-order chi connectivity index (χ1) is 16.7. The molecular weight excluding hydrogens is 480 g/mol. The van der Waals surface area contributed by atoms with Crippen molar-refractivity contribution >= 4 is 34.7 Å². The van der Waals surface area contributed by atoms with Crippen LogP contribution in [0.15, 0.2) is 60.2 Å². The van der Waals surface area contributed by atoms with Crippen molar-refractivity contribution in [3.05, 3.63) is 93.5 Å². The SMILES string of the molecule is COc1cc(OC)c(/C(O)=C2\C(=O)C(=O)N(c3ccc(F)cc3F)C2c2cccc(C)c2)cc1Cl. The van der Waals surface area contributed by atoms with Crippen LogP contribution in [0, 0.1) is 18.6 Å². The number of methoxy groups -OCH3 is 2. The topological polar surface area (TPSA) is 76.1 Å². The molecule has 180 valence electrons. The number of hydrogen-bond donors (Lipinski definition) is 1. The van der Waals surface area contributed by atoms with Gasteiger partial charge >= 0.3 is 0 Å². The van der Waals surface area contributed by atoms with E-state index in [-0.39, 0.29) is 33.3 Å². The Kier molecular flexibility index (Phi) is 6.49. The summed E-state index contributed by atoms with van der Waals surface area (Å²) in [6, 6.07) is 11.1. The number of ether oxygens (including phenoxy) is 2. The average molecular weight is 500 g/mol. The molecule has 0 aliphatic carbocycles. The van der Waals surface area contributed by atoms with Gasteiger partial charge < -0.3 is 14.6 Å². The standard InChI is InChI=1S/C26H20ClF2NO5/c1-13-5-4-6-14(9-13)23-22(24(31)16-11-17(27)21(35-3)12-20(16)34-2)25(32)26(33)30(23)19-8-7-15(28)10-18(19)29/h4-12,23,31H,1-3H3/b24-22+. The molecule has 6 nitrogen and oxygen atoms in total. The highest BCUT2D eigenvalue weighted by Crippen LogP contribution is 2.45. The molecule has 0 bridgehead atoms. The fourth-order valence-electron chi connectivity index (χ4n) is 4.10. The first kappa shape index (κ1) is 24.2. The molecule has 1 unspecified atom stereocenters. The number of hydrogen-bond acceptors (Lipinski definition) is 5. The van der Waals surface area contributed by atoms with Gasteiger partial charge in [-0.2, -0.15) is 0 Å². The number of carbonyl (C=O) groups excluding carboxylic acids is 2. The summed E-state index contributed by atoms with van der Waals surface area (Å²) in [4.78, 5) is 27.3. The summed E-state index contributed by atoms with van der Waals surface area (Å²) in [6.07, 6.45) is 0. The fourth-order valence-corrected chi connectivity index (χ4v) is 4.34. The maximum atomic E-state index is 14.8. The van der Waals surface area contributed by atoms with Crippen LogP contribution in [0.4, 0.5) is 14.5 Å². The Labute approximate surface area is 205 Å². The molecule has 0 radical (unpaired) electrons. The zero-order chi connectivity index (χ0) is 25.4. The van der Waals surface area contributed by atoms with Crippen molar-refractivity contribution in [2.75, 3.05) is 19.1 Å². The minimum atomic E-state index is -1.21. The number of nitrogens with zero attached hydrogens (tertiary/aromatic N) is 1. The highest BCUT2D eigenvalue weighted by molar-refractivity contribution is 6.51. The van der Waals surface area contributed by atoms with E-state index < -0.39 is 35.1 Å². The molecule has 0 saturated carbocycles. The lowest BCUT2D eigenvalue weighted by atomic mass is 9.94. The Hall–Kier alpha value is -3.91. The van der Waals surface area contributed by atoms with Gasteiger partial charge in [0, 0.05) is 12.1 Å². The molecule has 0 spiro atoms. The van der Waals surface area contributed by atoms with Crippen molar-refractivity contribution in [2.45, 2.75) is 13.0 Å². The third-order valence-corrected chi connectivity index (χ3v) is 6.00. The number of carbonyl (C=O) groups is 2. The van der Waals surface area contributed by atoms with Gasteiger partial charge in [-0.25, -0.2) is 8.78 Å². The van der Waals surface area contributed by atoms with Gasteiger partial charge in [-0.15, -0.1) is 0 Å². The zero-order valence-electron chi connectivity index (χ0n) is 18.9. The molecule has 1 atom stereocenters. The monoisotopic (exact) mass is 499 g/mol. The number of ketones is 1. The molecule has 1 heterocycles. The number of halogens is 3. The van der Waals surface area contributed by atoms with Crippen LogP contribution >= 0.6 is 11.6 Å². The molecule has 1 amide bonds. The van der Waals surface area contributed by atoms with E-state index in [1.807, 2.05) is 0 Å². The van der Waals surface area contributed by atoms with Gasteiger partial charge in [0.05, 0.1) is 42.1 Å². The first-order valence-corrected chi connectivity index (χ1v) is 10.8. The van der Waals surface area contributed by atoms with Gasteiger partial charge in [-0.3, -0.25) is 14.5 Å². The van der Waals surface area contributed by atoms with Crippen LogP contribution in [-0.4, -0.2) is 31.0 Å². The molecule has 35 heavy (non-hydrogen) atoms. The molecule has 1 fully saturated rings. The van der Waals surface area contributed by atoms with Crippen molar-refractivity contribution in [3.8, 4) is 11.5 Å². The lowest BCUT2D eigenvalue weighted by Crippen LogP contribution is -2.30. The van der Waals surface area contributed by atoms with Crippen LogP contribution < -0.4 is 14.4 Å². The predicted octanol–water partition coefficient (Wildman–Crippen LogP) is 5.57. The molecular formula is C26H20ClF2NO5. The molecule has 9 heteroatoms. The number of Topliss-reactive ketones (excluding diaryl/α,β-unsaturated/α-hetero) is 1. The van der Waals surface area contributed by atoms with Crippen LogP contribution in [0.2, 0.25) is 5.02 Å². The van der Waals surface area contributed by atoms with E-state index >= 15 is 0 Å². The minimum absolute atomic E-state index is 0.0357. The number of amides is 1. The molecule has 1 aliphatic rings. The molecule has 1 N–H and O–H groups in total. The van der Waals surface area contributed by atoms with Crippen LogP contribution in [0.1, 0.15) is 22.7 Å². The van der Waals surface area contributed by atoms with Crippen LogP contribution in [-0.2, 0) is 9.59 Å². The van der Waals surface area contributed by atoms with E-state index in [4.69, 9.17) is 21.1 Å². The van der Waals surface area contributed by atoms with Crippen molar-refractivity contribution < 1.29 is 33.0 Å². The number of benzene rings is 3. The van der Waals surface area contributed by atoms with Crippen molar-refractivity contribution in [2.24, 2.45) is 0 Å². The fraction of sp³-hybridized carbons (Fsp3) is 0.154. The largest absolute Gasteiger partial charge is 0.507 e. The molecule has 3 aromatic carbocycles. The second-order valence-corrected chi connectivity index (χ2v) is 8.27. The predicted molar refractivity (Wildman–Crippen MR) is 127 cm³/mol. The van der Waals surface area contributed by atoms with Gasteiger partial charge in [0.15, 0.2) is 0 Å². The molecule has 4 rings (SSSR count). The van der Waals surface area contributed by atoms with Crippen molar-refractivity contribution in [1.82, 2.24) is 0 Å². The van der Waals surface area contributed by atoms with Gasteiger partial charge in [0.2, 0.25) is 0 Å². The van der Waals surface area contributed by atoms with Crippen LogP contribution in [0.3, 0.4) is 0 Å². The molecule has 1 aliphatic heterocycles. The van der Waals surface area contributed by atoms with E-state index in [1.165, 1.54) is 26.4 Å². The summed E-state index contributed by atoms with van der Waals surface area (Å²) in [5, 5.41) is 11.5. The normalized spacial score (nSPS) is 17.1. The smallest absolute Gasteiger partial charge is 0.300 e. The van der Waals surface area contributed by atoms with Gasteiger partial charge in [0.25, 0.3) is 11.7 Å². The Morgan fingerprint density at radius 2 is 1.71 bits per heavy atom. The van der Waals surface area contributed by atoms with Gasteiger partial charge in [0.1, 0.15) is 28.9 Å². The number of aryl methyl sites for hydroxylation is 1. The van der Waals surface area contributed by atoms with Crippen molar-refractivity contribution in [3.63, 3.8) is 0 Å². The highest BCUT2D eigenvalue weighted by Gasteiger charge is 2.48. The Balaban J connectivity index is 2.02. The maximum absolute atomic E-state index is 14.8. The van der Waals surface area contributed by atoms with E-state index in [1.54, 1.807) is 31.2 Å². The Bertz CT molecular complexity index is 1390. The lowest BCUT2D eigenvalue weighted by molar-refractivity contribution is -0.132. The minimum Gasteiger partial charge on any atom is -0.507 e. The van der Waals surface area contributed by atoms with Crippen LogP contribution in [0.25, 0.3) is 5.76 Å². The highest BCUT2D eigenvalue weighted by atomic mass is 35.5. The number of anilines is 1. The molecule has 1 saturated heterocycles.